The first-order chi connectivity index (χ1) is 13.5. The normalized spacial score (nSPS) is 10.8. The van der Waals surface area contributed by atoms with Crippen LogP contribution >= 0.6 is 11.6 Å². The molecular formula is C18H14ClN7O2. The van der Waals surface area contributed by atoms with Crippen molar-refractivity contribution >= 4 is 45.7 Å². The molecule has 0 saturated carbocycles. The fourth-order valence-corrected chi connectivity index (χ4v) is 3.03. The van der Waals surface area contributed by atoms with Gasteiger partial charge in [-0.15, -0.1) is 5.10 Å². The maximum Gasteiger partial charge on any atom is 0.272 e. The van der Waals surface area contributed by atoms with Gasteiger partial charge in [0, 0.05) is 22.9 Å². The largest absolute Gasteiger partial charge is 0.349 e. The minimum absolute atomic E-state index is 0.195. The van der Waals surface area contributed by atoms with Crippen LogP contribution in [0.25, 0.3) is 22.3 Å². The fourth-order valence-electron chi connectivity index (χ4n) is 2.86. The number of rotatable bonds is 4. The standard InChI is InChI=1S/C18H14ClN7O2/c1-9(27)20-14-4-2-3-10-7-15(21-16(10)14)18(28)22-13-6-5-11(19)8-12(13)17-23-25-26-24-17/h2-8,21H,1H3,(H,20,27)(H,22,28)(H,23,24,25,26). The molecule has 0 bridgehead atoms. The van der Waals surface area contributed by atoms with E-state index in [0.717, 1.165) is 5.39 Å². The van der Waals surface area contributed by atoms with Crippen LogP contribution in [0.3, 0.4) is 0 Å². The van der Waals surface area contributed by atoms with Crippen LogP contribution in [0.4, 0.5) is 11.4 Å². The molecule has 2 aromatic carbocycles. The summed E-state index contributed by atoms with van der Waals surface area (Å²) in [5.41, 5.74) is 2.65. The van der Waals surface area contributed by atoms with Crippen molar-refractivity contribution in [2.75, 3.05) is 10.6 Å². The Morgan fingerprint density at radius 3 is 2.68 bits per heavy atom. The average Bonchev–Trinajstić information content (AvgIpc) is 3.32. The van der Waals surface area contributed by atoms with Gasteiger partial charge in [0.25, 0.3) is 5.91 Å². The third-order valence-electron chi connectivity index (χ3n) is 4.04. The Bertz CT molecular complexity index is 1180. The lowest BCUT2D eigenvalue weighted by atomic mass is 10.1. The second kappa shape index (κ2) is 7.12. The van der Waals surface area contributed by atoms with Crippen molar-refractivity contribution in [3.05, 3.63) is 53.2 Å². The van der Waals surface area contributed by atoms with Crippen LogP contribution in [-0.4, -0.2) is 37.4 Å². The van der Waals surface area contributed by atoms with E-state index in [1.165, 1.54) is 6.92 Å². The number of para-hydroxylation sites is 1. The van der Waals surface area contributed by atoms with Crippen molar-refractivity contribution in [1.29, 1.82) is 0 Å². The number of anilines is 2. The van der Waals surface area contributed by atoms with Crippen LogP contribution in [0.15, 0.2) is 42.5 Å². The summed E-state index contributed by atoms with van der Waals surface area (Å²) in [6.45, 7) is 1.43. The highest BCUT2D eigenvalue weighted by Crippen LogP contribution is 2.29. The smallest absolute Gasteiger partial charge is 0.272 e. The summed E-state index contributed by atoms with van der Waals surface area (Å²) in [6.07, 6.45) is 0. The molecule has 4 N–H and O–H groups in total. The summed E-state index contributed by atoms with van der Waals surface area (Å²) in [6, 6.07) is 12.1. The van der Waals surface area contributed by atoms with E-state index in [-0.39, 0.29) is 11.8 Å². The Hall–Kier alpha value is -3.72. The van der Waals surface area contributed by atoms with Crippen molar-refractivity contribution in [1.82, 2.24) is 25.6 Å². The lowest BCUT2D eigenvalue weighted by molar-refractivity contribution is -0.114. The highest BCUT2D eigenvalue weighted by molar-refractivity contribution is 6.31. The van der Waals surface area contributed by atoms with E-state index < -0.39 is 0 Å². The molecule has 0 aliphatic heterocycles. The number of aromatic amines is 2. The van der Waals surface area contributed by atoms with Crippen molar-refractivity contribution in [3.8, 4) is 11.4 Å². The SMILES string of the molecule is CC(=O)Nc1cccc2cc(C(=O)Nc3ccc(Cl)cc3-c3nnn[nH]3)[nH]c12. The monoisotopic (exact) mass is 395 g/mol. The van der Waals surface area contributed by atoms with Crippen LogP contribution < -0.4 is 10.6 Å². The molecule has 140 valence electrons. The summed E-state index contributed by atoms with van der Waals surface area (Å²) < 4.78 is 0. The number of nitrogens with zero attached hydrogens (tertiary/aromatic N) is 3. The number of tetrazole rings is 1. The molecule has 2 heterocycles. The third-order valence-corrected chi connectivity index (χ3v) is 4.28. The molecule has 0 aliphatic carbocycles. The van der Waals surface area contributed by atoms with Crippen molar-refractivity contribution in [2.45, 2.75) is 6.92 Å². The summed E-state index contributed by atoms with van der Waals surface area (Å²) in [7, 11) is 0. The quantitative estimate of drug-likeness (QED) is 0.421. The number of fused-ring (bicyclic) bond motifs is 1. The lowest BCUT2D eigenvalue weighted by Crippen LogP contribution is -2.13. The molecule has 0 saturated heterocycles. The molecular weight excluding hydrogens is 382 g/mol. The number of aromatic nitrogens is 5. The fraction of sp³-hybridized carbons (Fsp3) is 0.0556. The summed E-state index contributed by atoms with van der Waals surface area (Å²) in [4.78, 5) is 27.2. The molecule has 10 heteroatoms. The number of benzene rings is 2. The van der Waals surface area contributed by atoms with Crippen LogP contribution in [0, 0.1) is 0 Å². The van der Waals surface area contributed by atoms with Gasteiger partial charge in [0.1, 0.15) is 5.69 Å². The number of carbonyl (C=O) groups excluding carboxylic acids is 2. The Morgan fingerprint density at radius 1 is 1.07 bits per heavy atom. The van der Waals surface area contributed by atoms with Gasteiger partial charge < -0.3 is 15.6 Å². The topological polar surface area (TPSA) is 128 Å². The highest BCUT2D eigenvalue weighted by atomic mass is 35.5. The lowest BCUT2D eigenvalue weighted by Gasteiger charge is -2.09. The molecule has 2 amide bonds. The molecule has 0 unspecified atom stereocenters. The van der Waals surface area contributed by atoms with Gasteiger partial charge >= 0.3 is 0 Å². The van der Waals surface area contributed by atoms with E-state index in [0.29, 0.717) is 39.0 Å². The van der Waals surface area contributed by atoms with E-state index in [4.69, 9.17) is 11.6 Å². The van der Waals surface area contributed by atoms with Crippen LogP contribution in [-0.2, 0) is 4.79 Å². The Labute approximate surface area is 163 Å². The van der Waals surface area contributed by atoms with E-state index >= 15 is 0 Å². The molecule has 0 radical (unpaired) electrons. The van der Waals surface area contributed by atoms with Crippen molar-refractivity contribution in [2.24, 2.45) is 0 Å². The van der Waals surface area contributed by atoms with Crippen LogP contribution in [0.1, 0.15) is 17.4 Å². The first-order valence-electron chi connectivity index (χ1n) is 8.25. The number of H-pyrrole nitrogens is 2. The molecule has 0 atom stereocenters. The molecule has 28 heavy (non-hydrogen) atoms. The Kier molecular flexibility index (Phi) is 4.50. The van der Waals surface area contributed by atoms with Gasteiger partial charge in [0.05, 0.1) is 16.9 Å². The summed E-state index contributed by atoms with van der Waals surface area (Å²) in [5, 5.41) is 20.5. The molecule has 0 fully saturated rings. The van der Waals surface area contributed by atoms with Gasteiger partial charge in [-0.2, -0.15) is 0 Å². The zero-order valence-corrected chi connectivity index (χ0v) is 15.3. The van der Waals surface area contributed by atoms with E-state index in [9.17, 15) is 9.59 Å². The molecule has 0 spiro atoms. The van der Waals surface area contributed by atoms with Crippen molar-refractivity contribution in [3.63, 3.8) is 0 Å². The predicted molar refractivity (Wildman–Crippen MR) is 105 cm³/mol. The molecule has 4 rings (SSSR count). The predicted octanol–water partition coefficient (Wildman–Crippen LogP) is 3.21. The zero-order valence-electron chi connectivity index (χ0n) is 14.6. The Balaban J connectivity index is 1.67. The van der Waals surface area contributed by atoms with Gasteiger partial charge in [0.15, 0.2) is 5.82 Å². The number of hydrogen-bond donors (Lipinski definition) is 4. The minimum Gasteiger partial charge on any atom is -0.349 e. The second-order valence-corrected chi connectivity index (χ2v) is 6.46. The van der Waals surface area contributed by atoms with E-state index in [1.807, 2.05) is 6.07 Å². The maximum atomic E-state index is 12.8. The number of halogens is 1. The Morgan fingerprint density at radius 2 is 1.93 bits per heavy atom. The minimum atomic E-state index is -0.360. The molecule has 0 aliphatic rings. The van der Waals surface area contributed by atoms with E-state index in [2.05, 4.69) is 36.2 Å². The number of amides is 2. The van der Waals surface area contributed by atoms with Crippen LogP contribution in [0.5, 0.6) is 0 Å². The number of hydrogen-bond acceptors (Lipinski definition) is 5. The van der Waals surface area contributed by atoms with Gasteiger partial charge in [-0.25, -0.2) is 5.10 Å². The first kappa shape index (κ1) is 17.7. The van der Waals surface area contributed by atoms with Gasteiger partial charge in [-0.3, -0.25) is 9.59 Å². The highest BCUT2D eigenvalue weighted by Gasteiger charge is 2.16. The zero-order chi connectivity index (χ0) is 19.7. The third kappa shape index (κ3) is 3.42. The maximum absolute atomic E-state index is 12.8. The summed E-state index contributed by atoms with van der Waals surface area (Å²) >= 11 is 6.06. The van der Waals surface area contributed by atoms with Gasteiger partial charge in [0.2, 0.25) is 5.91 Å². The second-order valence-electron chi connectivity index (χ2n) is 6.03. The number of carbonyl (C=O) groups is 2. The molecule has 9 nitrogen and oxygen atoms in total. The van der Waals surface area contributed by atoms with Crippen molar-refractivity contribution < 1.29 is 9.59 Å². The van der Waals surface area contributed by atoms with Gasteiger partial charge in [-0.05, 0) is 40.8 Å². The van der Waals surface area contributed by atoms with Crippen LogP contribution in [0.2, 0.25) is 5.02 Å². The number of nitrogens with one attached hydrogen (secondary N) is 4. The molecule has 2 aromatic heterocycles. The summed E-state index contributed by atoms with van der Waals surface area (Å²) in [5.74, 6) is -0.178. The molecule has 4 aromatic rings. The average molecular weight is 396 g/mol. The van der Waals surface area contributed by atoms with E-state index in [1.54, 1.807) is 36.4 Å². The first-order valence-corrected chi connectivity index (χ1v) is 8.63. The van der Waals surface area contributed by atoms with Gasteiger partial charge in [-0.1, -0.05) is 23.7 Å².